The van der Waals surface area contributed by atoms with Gasteiger partial charge in [-0.3, -0.25) is 0 Å². The first-order valence-electron chi connectivity index (χ1n) is 7.32. The number of carbonyl (C=O) groups excluding carboxylic acids is 1. The molecule has 130 valence electrons. The number of thiocarbonyl (C=S) groups is 1. The number of nitrogens with one attached hydrogen (secondary N) is 1. The first-order valence-corrected chi connectivity index (χ1v) is 7.73. The van der Waals surface area contributed by atoms with Crippen molar-refractivity contribution < 1.29 is 23.0 Å². The highest BCUT2D eigenvalue weighted by Crippen LogP contribution is 2.35. The Labute approximate surface area is 144 Å². The number of para-hydroxylation sites is 1. The van der Waals surface area contributed by atoms with Gasteiger partial charge >= 0.3 is 12.6 Å². The molecule has 0 spiro atoms. The zero-order chi connectivity index (χ0) is 17.9. The highest BCUT2D eigenvalue weighted by Gasteiger charge is 2.35. The van der Waals surface area contributed by atoms with Gasteiger partial charge in [0, 0.05) is 18.3 Å². The number of hydrogen-bond donors (Lipinski definition) is 1. The molecule has 1 aromatic rings. The lowest BCUT2D eigenvalue weighted by atomic mass is 9.94. The Balaban J connectivity index is 2.54. The van der Waals surface area contributed by atoms with Crippen LogP contribution in [0.1, 0.15) is 25.5 Å². The lowest BCUT2D eigenvalue weighted by Gasteiger charge is -2.35. The zero-order valence-electron chi connectivity index (χ0n) is 13.5. The van der Waals surface area contributed by atoms with Crippen LogP contribution in [0.5, 0.6) is 5.75 Å². The Hall–Kier alpha value is -2.22. The van der Waals surface area contributed by atoms with Crippen LogP contribution >= 0.6 is 12.2 Å². The van der Waals surface area contributed by atoms with Gasteiger partial charge in [0.2, 0.25) is 0 Å². The highest BCUT2D eigenvalue weighted by molar-refractivity contribution is 7.80. The molecule has 1 N–H and O–H groups in total. The van der Waals surface area contributed by atoms with E-state index in [1.54, 1.807) is 44.0 Å². The summed E-state index contributed by atoms with van der Waals surface area (Å²) in [4.78, 5) is 14.0. The topological polar surface area (TPSA) is 50.8 Å². The number of hydrogen-bond acceptors (Lipinski definition) is 4. The fourth-order valence-corrected chi connectivity index (χ4v) is 2.72. The van der Waals surface area contributed by atoms with E-state index in [9.17, 15) is 13.6 Å². The molecule has 0 saturated carbocycles. The molecular formula is C16H18F2N2O3S. The van der Waals surface area contributed by atoms with Gasteiger partial charge in [0.1, 0.15) is 5.75 Å². The molecule has 0 bridgehead atoms. The third-order valence-corrected chi connectivity index (χ3v) is 4.09. The van der Waals surface area contributed by atoms with Crippen LogP contribution in [-0.2, 0) is 9.53 Å². The van der Waals surface area contributed by atoms with E-state index < -0.39 is 18.6 Å². The third kappa shape index (κ3) is 3.64. The van der Waals surface area contributed by atoms with Gasteiger partial charge in [-0.1, -0.05) is 18.2 Å². The van der Waals surface area contributed by atoms with Gasteiger partial charge in [-0.05, 0) is 32.1 Å². The van der Waals surface area contributed by atoms with Gasteiger partial charge in [0.25, 0.3) is 0 Å². The summed E-state index contributed by atoms with van der Waals surface area (Å²) >= 11 is 5.26. The van der Waals surface area contributed by atoms with Crippen LogP contribution < -0.4 is 10.1 Å². The molecule has 0 saturated heterocycles. The normalized spacial score (nSPS) is 17.8. The molecular weight excluding hydrogens is 338 g/mol. The van der Waals surface area contributed by atoms with Crippen molar-refractivity contribution >= 4 is 23.3 Å². The average molecular weight is 356 g/mol. The van der Waals surface area contributed by atoms with Crippen molar-refractivity contribution in [1.29, 1.82) is 0 Å². The van der Waals surface area contributed by atoms with Gasteiger partial charge in [0.15, 0.2) is 5.11 Å². The molecule has 1 aliphatic heterocycles. The minimum Gasteiger partial charge on any atom is -0.463 e. The number of nitrogens with zero attached hydrogens (tertiary/aromatic N) is 1. The van der Waals surface area contributed by atoms with Crippen LogP contribution in [0.25, 0.3) is 0 Å². The van der Waals surface area contributed by atoms with Crippen LogP contribution in [-0.4, -0.2) is 36.2 Å². The predicted octanol–water partition coefficient (Wildman–Crippen LogP) is 2.99. The molecule has 0 aliphatic carbocycles. The van der Waals surface area contributed by atoms with Crippen molar-refractivity contribution in [2.45, 2.75) is 26.5 Å². The molecule has 8 heteroatoms. The van der Waals surface area contributed by atoms with Crippen molar-refractivity contribution in [2.24, 2.45) is 0 Å². The molecule has 5 nitrogen and oxygen atoms in total. The number of esters is 1. The summed E-state index contributed by atoms with van der Waals surface area (Å²) in [6.07, 6.45) is 0. The van der Waals surface area contributed by atoms with E-state index >= 15 is 0 Å². The fraction of sp³-hybridized carbons (Fsp3) is 0.375. The Bertz CT molecular complexity index is 679. The molecule has 24 heavy (non-hydrogen) atoms. The van der Waals surface area contributed by atoms with E-state index in [2.05, 4.69) is 10.1 Å². The largest absolute Gasteiger partial charge is 0.463 e. The molecule has 0 amide bonds. The number of carbonyl (C=O) groups is 1. The third-order valence-electron chi connectivity index (χ3n) is 3.70. The molecule has 0 aromatic heterocycles. The Morgan fingerprint density at radius 1 is 1.42 bits per heavy atom. The second kappa shape index (κ2) is 7.57. The van der Waals surface area contributed by atoms with Crippen LogP contribution in [0, 0.1) is 0 Å². The second-order valence-electron chi connectivity index (χ2n) is 5.08. The maximum absolute atomic E-state index is 12.7. The summed E-state index contributed by atoms with van der Waals surface area (Å²) in [5.74, 6) is -0.555. The maximum atomic E-state index is 12.7. The molecule has 0 radical (unpaired) electrons. The predicted molar refractivity (Wildman–Crippen MR) is 88.6 cm³/mol. The molecule has 1 aliphatic rings. The summed E-state index contributed by atoms with van der Waals surface area (Å²) < 4.78 is 35.0. The summed E-state index contributed by atoms with van der Waals surface area (Å²) in [7, 11) is 1.71. The molecule has 0 fully saturated rings. The molecule has 1 atom stereocenters. The molecule has 2 rings (SSSR count). The quantitative estimate of drug-likeness (QED) is 0.647. The minimum absolute atomic E-state index is 0.0213. The van der Waals surface area contributed by atoms with Crippen LogP contribution in [0.3, 0.4) is 0 Å². The number of ether oxygens (including phenoxy) is 2. The van der Waals surface area contributed by atoms with Gasteiger partial charge in [-0.15, -0.1) is 0 Å². The Morgan fingerprint density at radius 3 is 2.71 bits per heavy atom. The zero-order valence-corrected chi connectivity index (χ0v) is 14.3. The lowest BCUT2D eigenvalue weighted by Crippen LogP contribution is -2.46. The van der Waals surface area contributed by atoms with E-state index in [0.29, 0.717) is 21.9 Å². The van der Waals surface area contributed by atoms with Crippen LogP contribution in [0.4, 0.5) is 8.78 Å². The summed E-state index contributed by atoms with van der Waals surface area (Å²) in [6, 6.07) is 5.55. The average Bonchev–Trinajstić information content (AvgIpc) is 2.52. The number of alkyl halides is 2. The first-order chi connectivity index (χ1) is 11.4. The van der Waals surface area contributed by atoms with E-state index in [4.69, 9.17) is 17.0 Å². The van der Waals surface area contributed by atoms with Crippen molar-refractivity contribution in [3.05, 3.63) is 41.1 Å². The Morgan fingerprint density at radius 2 is 2.08 bits per heavy atom. The van der Waals surface area contributed by atoms with Crippen molar-refractivity contribution in [2.75, 3.05) is 13.7 Å². The van der Waals surface area contributed by atoms with Gasteiger partial charge in [0.05, 0.1) is 18.2 Å². The fourth-order valence-electron chi connectivity index (χ4n) is 2.46. The number of halogens is 2. The van der Waals surface area contributed by atoms with E-state index in [1.165, 1.54) is 6.07 Å². The summed E-state index contributed by atoms with van der Waals surface area (Å²) in [5, 5.41) is 3.36. The first kappa shape index (κ1) is 18.1. The summed E-state index contributed by atoms with van der Waals surface area (Å²) in [5.41, 5.74) is 1.28. The van der Waals surface area contributed by atoms with Gasteiger partial charge in [-0.25, -0.2) is 4.79 Å². The summed E-state index contributed by atoms with van der Waals surface area (Å²) in [6.45, 7) is 0.649. The van der Waals surface area contributed by atoms with Crippen LogP contribution in [0.2, 0.25) is 0 Å². The lowest BCUT2D eigenvalue weighted by molar-refractivity contribution is -0.139. The Kier molecular flexibility index (Phi) is 5.71. The number of rotatable bonds is 5. The minimum atomic E-state index is -2.97. The van der Waals surface area contributed by atoms with Gasteiger partial charge < -0.3 is 19.7 Å². The van der Waals surface area contributed by atoms with Crippen molar-refractivity contribution in [1.82, 2.24) is 10.2 Å². The number of benzene rings is 1. The van der Waals surface area contributed by atoms with Crippen molar-refractivity contribution in [3.8, 4) is 5.75 Å². The molecule has 1 heterocycles. The van der Waals surface area contributed by atoms with Gasteiger partial charge in [-0.2, -0.15) is 8.78 Å². The van der Waals surface area contributed by atoms with E-state index in [1.807, 2.05) is 0 Å². The second-order valence-corrected chi connectivity index (χ2v) is 5.46. The van der Waals surface area contributed by atoms with E-state index in [0.717, 1.165) is 0 Å². The molecule has 1 aromatic carbocycles. The molecule has 0 unspecified atom stereocenters. The van der Waals surface area contributed by atoms with E-state index in [-0.39, 0.29) is 12.4 Å². The smallest absolute Gasteiger partial charge is 0.387 e. The monoisotopic (exact) mass is 356 g/mol. The SMILES string of the molecule is CCOC(=O)C1=C(C)N(C)C(=S)N[C@H]1c1ccccc1OC(F)F. The maximum Gasteiger partial charge on any atom is 0.387 e. The van der Waals surface area contributed by atoms with Crippen molar-refractivity contribution in [3.63, 3.8) is 0 Å². The van der Waals surface area contributed by atoms with Crippen LogP contribution in [0.15, 0.2) is 35.5 Å². The highest BCUT2D eigenvalue weighted by atomic mass is 32.1. The standard InChI is InChI=1S/C16H18F2N2O3S/c1-4-22-14(21)12-9(2)20(3)16(24)19-13(12)10-7-5-6-8-11(10)23-15(17)18/h5-8,13,15H,4H2,1-3H3,(H,19,24)/t13-/m0/s1. The number of allylic oxidation sites excluding steroid dienone is 1.